The average molecular weight is 449 g/mol. The van der Waals surface area contributed by atoms with Crippen LogP contribution in [-0.2, 0) is 4.79 Å². The zero-order valence-corrected chi connectivity index (χ0v) is 18.9. The maximum Gasteiger partial charge on any atom is 0.255 e. The average Bonchev–Trinajstić information content (AvgIpc) is 3.20. The highest BCUT2D eigenvalue weighted by molar-refractivity contribution is 8.00. The highest BCUT2D eigenvalue weighted by Gasteiger charge is 2.37. The first-order valence-electron chi connectivity index (χ1n) is 10.1. The molecule has 6 nitrogen and oxygen atoms in total. The fourth-order valence-electron chi connectivity index (χ4n) is 3.63. The highest BCUT2D eigenvalue weighted by atomic mass is 32.2. The third kappa shape index (κ3) is 4.29. The first-order chi connectivity index (χ1) is 15.5. The van der Waals surface area contributed by atoms with Gasteiger partial charge in [0.15, 0.2) is 0 Å². The second kappa shape index (κ2) is 9.36. The van der Waals surface area contributed by atoms with Crippen LogP contribution < -0.4 is 19.7 Å². The number of methoxy groups -OCH3 is 2. The molecule has 164 valence electrons. The molecule has 0 bridgehead atoms. The van der Waals surface area contributed by atoms with Crippen LogP contribution in [0.3, 0.4) is 0 Å². The number of carbonyl (C=O) groups is 2. The molecule has 1 heterocycles. The van der Waals surface area contributed by atoms with E-state index in [4.69, 9.17) is 9.47 Å². The van der Waals surface area contributed by atoms with Gasteiger partial charge in [0.2, 0.25) is 5.91 Å². The predicted molar refractivity (Wildman–Crippen MR) is 128 cm³/mol. The number of anilines is 2. The molecule has 1 fully saturated rings. The molecule has 1 N–H and O–H groups in total. The Bertz CT molecular complexity index is 1150. The number of nitrogens with zero attached hydrogens (tertiary/aromatic N) is 1. The number of hydrogen-bond acceptors (Lipinski definition) is 5. The summed E-state index contributed by atoms with van der Waals surface area (Å²) >= 11 is 1.51. The van der Waals surface area contributed by atoms with Gasteiger partial charge in [0.25, 0.3) is 5.91 Å². The molecule has 7 heteroatoms. The molecular formula is C25H24N2O4S. The fraction of sp³-hybridized carbons (Fsp3) is 0.200. The first kappa shape index (κ1) is 21.8. The van der Waals surface area contributed by atoms with E-state index in [2.05, 4.69) is 5.32 Å². The smallest absolute Gasteiger partial charge is 0.255 e. The predicted octanol–water partition coefficient (Wildman–Crippen LogP) is 5.04. The Morgan fingerprint density at radius 1 is 1.03 bits per heavy atom. The van der Waals surface area contributed by atoms with E-state index in [9.17, 15) is 9.59 Å². The van der Waals surface area contributed by atoms with Gasteiger partial charge in [0, 0.05) is 22.9 Å². The van der Waals surface area contributed by atoms with E-state index in [-0.39, 0.29) is 17.2 Å². The van der Waals surface area contributed by atoms with Crippen LogP contribution in [0.25, 0.3) is 0 Å². The normalized spacial score (nSPS) is 15.5. The third-order valence-electron chi connectivity index (χ3n) is 5.30. The Balaban J connectivity index is 1.70. The standard InChI is InChI=1S/C25H24N2O4S/c1-16-8-10-17(11-9-16)24(29)26-20-7-5-4-6-19(20)25-27(23(28)15-32-25)21-14-18(30-2)12-13-22(21)31-3/h4-14,25H,15H2,1-3H3,(H,26,29)/t25-/m0/s1. The van der Waals surface area contributed by atoms with Crippen molar-refractivity contribution in [2.75, 3.05) is 30.2 Å². The molecule has 1 aliphatic rings. The van der Waals surface area contributed by atoms with E-state index in [1.54, 1.807) is 49.5 Å². The zero-order chi connectivity index (χ0) is 22.7. The molecule has 3 aromatic carbocycles. The van der Waals surface area contributed by atoms with Gasteiger partial charge in [-0.05, 0) is 37.3 Å². The second-order valence-electron chi connectivity index (χ2n) is 7.37. The first-order valence-corrected chi connectivity index (χ1v) is 11.2. The summed E-state index contributed by atoms with van der Waals surface area (Å²) in [5.41, 5.74) is 3.80. The Morgan fingerprint density at radius 2 is 1.78 bits per heavy atom. The summed E-state index contributed by atoms with van der Waals surface area (Å²) in [7, 11) is 3.16. The van der Waals surface area contributed by atoms with Gasteiger partial charge in [-0.1, -0.05) is 35.9 Å². The molecule has 0 unspecified atom stereocenters. The van der Waals surface area contributed by atoms with Crippen molar-refractivity contribution >= 4 is 35.0 Å². The molecule has 0 spiro atoms. The SMILES string of the molecule is COc1ccc(OC)c(N2C(=O)CS[C@H]2c2ccccc2NC(=O)c2ccc(C)cc2)c1. The molecule has 1 saturated heterocycles. The topological polar surface area (TPSA) is 67.9 Å². The van der Waals surface area contributed by atoms with Crippen LogP contribution in [0.1, 0.15) is 26.9 Å². The summed E-state index contributed by atoms with van der Waals surface area (Å²) in [6, 6.07) is 20.3. The lowest BCUT2D eigenvalue weighted by molar-refractivity contribution is -0.115. The molecule has 2 amide bonds. The minimum Gasteiger partial charge on any atom is -0.497 e. The van der Waals surface area contributed by atoms with E-state index < -0.39 is 0 Å². The molecule has 0 aliphatic carbocycles. The Hall–Kier alpha value is -3.45. The second-order valence-corrected chi connectivity index (χ2v) is 8.44. The number of aryl methyl sites for hydroxylation is 1. The van der Waals surface area contributed by atoms with E-state index >= 15 is 0 Å². The number of carbonyl (C=O) groups excluding carboxylic acids is 2. The van der Waals surface area contributed by atoms with Gasteiger partial charge in [-0.15, -0.1) is 11.8 Å². The third-order valence-corrected chi connectivity index (χ3v) is 6.50. The maximum atomic E-state index is 12.9. The number of benzene rings is 3. The van der Waals surface area contributed by atoms with E-state index in [1.165, 1.54) is 11.8 Å². The minimum absolute atomic E-state index is 0.0359. The zero-order valence-electron chi connectivity index (χ0n) is 18.1. The monoisotopic (exact) mass is 448 g/mol. The van der Waals surface area contributed by atoms with Crippen molar-refractivity contribution in [2.45, 2.75) is 12.3 Å². The molecule has 3 aromatic rings. The van der Waals surface area contributed by atoms with Gasteiger partial charge in [0.05, 0.1) is 25.7 Å². The molecule has 0 radical (unpaired) electrons. The number of amides is 2. The summed E-state index contributed by atoms with van der Waals surface area (Å²) in [6.07, 6.45) is 0. The van der Waals surface area contributed by atoms with Crippen molar-refractivity contribution in [3.8, 4) is 11.5 Å². The number of ether oxygens (including phenoxy) is 2. The van der Waals surface area contributed by atoms with E-state index in [0.717, 1.165) is 11.1 Å². The lowest BCUT2D eigenvalue weighted by Gasteiger charge is -2.27. The Kier molecular flexibility index (Phi) is 6.37. The molecule has 0 aromatic heterocycles. The van der Waals surface area contributed by atoms with Crippen molar-refractivity contribution in [3.63, 3.8) is 0 Å². The van der Waals surface area contributed by atoms with Gasteiger partial charge in [-0.25, -0.2) is 0 Å². The summed E-state index contributed by atoms with van der Waals surface area (Å²) in [6.45, 7) is 1.98. The van der Waals surface area contributed by atoms with E-state index in [1.807, 2.05) is 43.3 Å². The van der Waals surface area contributed by atoms with Crippen molar-refractivity contribution in [2.24, 2.45) is 0 Å². The van der Waals surface area contributed by atoms with Gasteiger partial charge in [-0.3, -0.25) is 14.5 Å². The maximum absolute atomic E-state index is 12.9. The quantitative estimate of drug-likeness (QED) is 0.572. The van der Waals surface area contributed by atoms with E-state index in [0.29, 0.717) is 34.2 Å². The van der Waals surface area contributed by atoms with Crippen LogP contribution in [0.5, 0.6) is 11.5 Å². The van der Waals surface area contributed by atoms with Crippen molar-refractivity contribution in [3.05, 3.63) is 83.4 Å². The van der Waals surface area contributed by atoms with Crippen LogP contribution >= 0.6 is 11.8 Å². The minimum atomic E-state index is -0.321. The Labute approximate surface area is 191 Å². The van der Waals surface area contributed by atoms with Crippen molar-refractivity contribution in [1.82, 2.24) is 0 Å². The van der Waals surface area contributed by atoms with Gasteiger partial charge in [0.1, 0.15) is 16.9 Å². The number of para-hydroxylation sites is 1. The van der Waals surface area contributed by atoms with Gasteiger partial charge < -0.3 is 14.8 Å². The molecule has 4 rings (SSSR count). The summed E-state index contributed by atoms with van der Waals surface area (Å²) in [5, 5.41) is 2.69. The molecule has 32 heavy (non-hydrogen) atoms. The van der Waals surface area contributed by atoms with Crippen LogP contribution in [-0.4, -0.2) is 31.8 Å². The highest BCUT2D eigenvalue weighted by Crippen LogP contribution is 2.47. The summed E-state index contributed by atoms with van der Waals surface area (Å²) < 4.78 is 10.9. The largest absolute Gasteiger partial charge is 0.497 e. The van der Waals surface area contributed by atoms with Crippen molar-refractivity contribution < 1.29 is 19.1 Å². The molecule has 0 saturated carbocycles. The van der Waals surface area contributed by atoms with Gasteiger partial charge >= 0.3 is 0 Å². The van der Waals surface area contributed by atoms with Crippen LogP contribution in [0.15, 0.2) is 66.7 Å². The molecular weight excluding hydrogens is 424 g/mol. The molecule has 1 atom stereocenters. The lowest BCUT2D eigenvalue weighted by atomic mass is 10.1. The number of nitrogens with one attached hydrogen (secondary N) is 1. The van der Waals surface area contributed by atoms with Crippen LogP contribution in [0.4, 0.5) is 11.4 Å². The summed E-state index contributed by atoms with van der Waals surface area (Å²) in [4.78, 5) is 27.5. The lowest BCUT2D eigenvalue weighted by Crippen LogP contribution is -2.29. The number of thioether (sulfide) groups is 1. The summed E-state index contributed by atoms with van der Waals surface area (Å²) in [5.74, 6) is 1.30. The number of hydrogen-bond donors (Lipinski definition) is 1. The van der Waals surface area contributed by atoms with Crippen LogP contribution in [0.2, 0.25) is 0 Å². The van der Waals surface area contributed by atoms with Crippen molar-refractivity contribution in [1.29, 1.82) is 0 Å². The molecule has 1 aliphatic heterocycles. The number of rotatable bonds is 6. The fourth-order valence-corrected chi connectivity index (χ4v) is 4.83. The Morgan fingerprint density at radius 3 is 2.50 bits per heavy atom. The van der Waals surface area contributed by atoms with Gasteiger partial charge in [-0.2, -0.15) is 0 Å². The van der Waals surface area contributed by atoms with Crippen LogP contribution in [0, 0.1) is 6.92 Å².